The van der Waals surface area contributed by atoms with Crippen LogP contribution in [0.1, 0.15) is 0 Å². The maximum atomic E-state index is 3.99. The van der Waals surface area contributed by atoms with Crippen LogP contribution in [-0.4, -0.2) is 6.26 Å². The molecule has 32 valence electrons. The summed E-state index contributed by atoms with van der Waals surface area (Å²) < 4.78 is 0. The Morgan fingerprint density at radius 2 is 1.80 bits per heavy atom. The molecule has 0 aliphatic rings. The first-order valence-electron chi connectivity index (χ1n) is 0.991. The molecular weight excluding hydrogens is 139 g/mol. The van der Waals surface area contributed by atoms with Gasteiger partial charge < -0.3 is 0 Å². The SMILES string of the molecule is CSP(S)S. The highest BCUT2D eigenvalue weighted by Gasteiger charge is 1.82. The average molecular weight is 144 g/mol. The highest BCUT2D eigenvalue weighted by molar-refractivity contribution is 9.06. The molecule has 0 unspecified atom stereocenters. The highest BCUT2D eigenvalue weighted by atomic mass is 33.3. The number of rotatable bonds is 1. The van der Waals surface area contributed by atoms with Crippen molar-refractivity contribution in [1.82, 2.24) is 0 Å². The van der Waals surface area contributed by atoms with E-state index in [9.17, 15) is 0 Å². The predicted molar refractivity (Wildman–Crippen MR) is 38.4 cm³/mol. The largest absolute Gasteiger partial charge is 0.130 e. The Kier molecular flexibility index (Phi) is 4.75. The Morgan fingerprint density at radius 1 is 1.60 bits per heavy atom. The van der Waals surface area contributed by atoms with Gasteiger partial charge >= 0.3 is 0 Å². The summed E-state index contributed by atoms with van der Waals surface area (Å²) in [6.07, 6.45) is 1.99. The van der Waals surface area contributed by atoms with Gasteiger partial charge in [-0.3, -0.25) is 0 Å². The fourth-order valence-electron chi connectivity index (χ4n) is 0. The van der Waals surface area contributed by atoms with E-state index >= 15 is 0 Å². The molecule has 0 saturated heterocycles. The van der Waals surface area contributed by atoms with Crippen LogP contribution in [0.5, 0.6) is 0 Å². The van der Waals surface area contributed by atoms with E-state index in [0.717, 1.165) is 0 Å². The molecular formula is CH5PS3. The minimum absolute atomic E-state index is 0.293. The van der Waals surface area contributed by atoms with Gasteiger partial charge in [0, 0.05) is 0 Å². The zero-order valence-corrected chi connectivity index (χ0v) is 6.25. The monoisotopic (exact) mass is 144 g/mol. The molecule has 0 saturated carbocycles. The molecule has 0 fully saturated rings. The summed E-state index contributed by atoms with van der Waals surface area (Å²) >= 11 is 9.65. The Balaban J connectivity index is 2.54. The topological polar surface area (TPSA) is 0 Å². The van der Waals surface area contributed by atoms with Gasteiger partial charge in [0.15, 0.2) is 0 Å². The maximum Gasteiger partial charge on any atom is 0.0663 e. The Labute approximate surface area is 47.9 Å². The molecule has 5 heavy (non-hydrogen) atoms. The third-order valence-electron chi connectivity index (χ3n) is 0.163. The first kappa shape index (κ1) is 6.48. The second-order valence-electron chi connectivity index (χ2n) is 0.435. The zero-order chi connectivity index (χ0) is 4.28. The lowest BCUT2D eigenvalue weighted by Crippen LogP contribution is -1.25. The van der Waals surface area contributed by atoms with Crippen molar-refractivity contribution in [1.29, 1.82) is 0 Å². The first-order chi connectivity index (χ1) is 2.27. The van der Waals surface area contributed by atoms with E-state index in [1.807, 2.05) is 6.26 Å². The first-order valence-corrected chi connectivity index (χ1v) is 6.47. The summed E-state index contributed by atoms with van der Waals surface area (Å²) in [5.74, 6) is 0. The third-order valence-corrected chi connectivity index (χ3v) is 4.41. The van der Waals surface area contributed by atoms with Crippen molar-refractivity contribution in [2.24, 2.45) is 0 Å². The third kappa shape index (κ3) is 5.48. The molecule has 0 amide bonds. The van der Waals surface area contributed by atoms with Crippen LogP contribution < -0.4 is 0 Å². The van der Waals surface area contributed by atoms with Gasteiger partial charge in [-0.05, 0) is 6.26 Å². The van der Waals surface area contributed by atoms with Crippen LogP contribution in [0, 0.1) is 0 Å². The summed E-state index contributed by atoms with van der Waals surface area (Å²) in [4.78, 5) is 0. The van der Waals surface area contributed by atoms with Crippen molar-refractivity contribution in [3.63, 3.8) is 0 Å². The lowest BCUT2D eigenvalue weighted by atomic mass is 12.0. The van der Waals surface area contributed by atoms with Gasteiger partial charge in [0.05, 0.1) is 5.53 Å². The molecule has 0 heterocycles. The van der Waals surface area contributed by atoms with Gasteiger partial charge in [0.1, 0.15) is 0 Å². The van der Waals surface area contributed by atoms with Crippen molar-refractivity contribution in [3.05, 3.63) is 0 Å². The molecule has 0 nitrogen and oxygen atoms in total. The molecule has 0 radical (unpaired) electrons. The maximum absolute atomic E-state index is 3.99. The summed E-state index contributed by atoms with van der Waals surface area (Å²) in [5.41, 5.74) is -0.293. The summed E-state index contributed by atoms with van der Waals surface area (Å²) in [6.45, 7) is 0. The van der Waals surface area contributed by atoms with Crippen LogP contribution in [0.3, 0.4) is 0 Å². The smallest absolute Gasteiger partial charge is 0.0663 e. The fraction of sp³-hybridized carbons (Fsp3) is 1.00. The molecule has 0 N–H and O–H groups in total. The van der Waals surface area contributed by atoms with Gasteiger partial charge in [-0.2, -0.15) is 0 Å². The van der Waals surface area contributed by atoms with E-state index in [-0.39, 0.29) is 5.53 Å². The molecule has 0 aliphatic heterocycles. The summed E-state index contributed by atoms with van der Waals surface area (Å²) in [7, 11) is 0. The van der Waals surface area contributed by atoms with Crippen molar-refractivity contribution < 1.29 is 0 Å². The van der Waals surface area contributed by atoms with Crippen LogP contribution in [0.2, 0.25) is 0 Å². The Bertz CT molecular complexity index is 20.9. The van der Waals surface area contributed by atoms with E-state index in [2.05, 4.69) is 24.5 Å². The lowest BCUT2D eigenvalue weighted by molar-refractivity contribution is 2.54. The molecule has 0 bridgehead atoms. The lowest BCUT2D eigenvalue weighted by Gasteiger charge is -1.88. The van der Waals surface area contributed by atoms with Crippen LogP contribution in [0.4, 0.5) is 0 Å². The zero-order valence-electron chi connectivity index (χ0n) is 2.75. The van der Waals surface area contributed by atoms with Gasteiger partial charge in [0.25, 0.3) is 0 Å². The second kappa shape index (κ2) is 3.66. The minimum atomic E-state index is -0.293. The normalized spacial score (nSPS) is 9.60. The van der Waals surface area contributed by atoms with Gasteiger partial charge in [-0.15, -0.1) is 35.9 Å². The van der Waals surface area contributed by atoms with E-state index in [1.54, 1.807) is 11.4 Å². The van der Waals surface area contributed by atoms with Gasteiger partial charge in [0.2, 0.25) is 0 Å². The molecule has 0 aromatic carbocycles. The molecule has 0 aromatic heterocycles. The molecule has 0 rings (SSSR count). The van der Waals surface area contributed by atoms with E-state index in [0.29, 0.717) is 0 Å². The Morgan fingerprint density at radius 3 is 1.80 bits per heavy atom. The molecule has 0 aliphatic carbocycles. The highest BCUT2D eigenvalue weighted by Crippen LogP contribution is 2.56. The fourth-order valence-corrected chi connectivity index (χ4v) is 0. The van der Waals surface area contributed by atoms with Crippen LogP contribution in [0.15, 0.2) is 0 Å². The van der Waals surface area contributed by atoms with Gasteiger partial charge in [-0.25, -0.2) is 0 Å². The van der Waals surface area contributed by atoms with Crippen LogP contribution in [-0.2, 0) is 0 Å². The van der Waals surface area contributed by atoms with E-state index < -0.39 is 0 Å². The molecule has 0 atom stereocenters. The summed E-state index contributed by atoms with van der Waals surface area (Å²) in [5, 5.41) is 0. The quantitative estimate of drug-likeness (QED) is 0.421. The van der Waals surface area contributed by atoms with Crippen molar-refractivity contribution >= 4 is 41.4 Å². The van der Waals surface area contributed by atoms with Crippen LogP contribution in [0.25, 0.3) is 0 Å². The predicted octanol–water partition coefficient (Wildman–Crippen LogP) is 2.44. The van der Waals surface area contributed by atoms with Gasteiger partial charge in [-0.1, -0.05) is 0 Å². The van der Waals surface area contributed by atoms with E-state index in [4.69, 9.17) is 0 Å². The Hall–Kier alpha value is 1.48. The molecule has 4 heteroatoms. The molecule has 0 aromatic rings. The summed E-state index contributed by atoms with van der Waals surface area (Å²) in [6, 6.07) is 0. The van der Waals surface area contributed by atoms with Crippen LogP contribution >= 0.6 is 41.4 Å². The second-order valence-corrected chi connectivity index (χ2v) is 8.47. The van der Waals surface area contributed by atoms with E-state index in [1.165, 1.54) is 0 Å². The number of thiol groups is 2. The standard InChI is InChI=1S/CH5PS3/c1-5-2(3)4/h3-4H,1H3. The average Bonchev–Trinajstić information content (AvgIpc) is 1.38. The minimum Gasteiger partial charge on any atom is -0.130 e. The molecule has 0 spiro atoms. The van der Waals surface area contributed by atoms with Crippen molar-refractivity contribution in [3.8, 4) is 0 Å². The number of hydrogen-bond donors (Lipinski definition) is 2. The van der Waals surface area contributed by atoms with Crippen molar-refractivity contribution in [2.45, 2.75) is 0 Å². The van der Waals surface area contributed by atoms with Crippen molar-refractivity contribution in [2.75, 3.05) is 6.26 Å². The number of hydrogen-bond acceptors (Lipinski definition) is 3.